The molecule has 0 saturated heterocycles. The van der Waals surface area contributed by atoms with Crippen molar-refractivity contribution in [2.75, 3.05) is 5.32 Å². The van der Waals surface area contributed by atoms with Gasteiger partial charge in [-0.05, 0) is 67.3 Å². The quantitative estimate of drug-likeness (QED) is 0.552. The molecule has 1 aromatic carbocycles. The summed E-state index contributed by atoms with van der Waals surface area (Å²) >= 11 is 0. The van der Waals surface area contributed by atoms with Crippen molar-refractivity contribution in [3.8, 4) is 11.5 Å². The molecule has 0 aliphatic rings. The Bertz CT molecular complexity index is 1030. The third-order valence-electron chi connectivity index (χ3n) is 4.21. The monoisotopic (exact) mass is 357 g/mol. The van der Waals surface area contributed by atoms with E-state index in [9.17, 15) is 0 Å². The van der Waals surface area contributed by atoms with Gasteiger partial charge >= 0.3 is 6.01 Å². The highest BCUT2D eigenvalue weighted by Gasteiger charge is 2.14. The number of aryl methyl sites for hydroxylation is 3. The van der Waals surface area contributed by atoms with E-state index in [-0.39, 0.29) is 0 Å². The van der Waals surface area contributed by atoms with Gasteiger partial charge in [-0.1, -0.05) is 17.2 Å². The number of nitrogens with one attached hydrogen (secondary N) is 1. The van der Waals surface area contributed by atoms with Gasteiger partial charge in [-0.25, -0.2) is 0 Å². The van der Waals surface area contributed by atoms with E-state index in [2.05, 4.69) is 25.5 Å². The first-order valence-electron chi connectivity index (χ1n) is 8.78. The summed E-state index contributed by atoms with van der Waals surface area (Å²) in [5.41, 5.74) is 5.07. The van der Waals surface area contributed by atoms with Crippen molar-refractivity contribution in [1.82, 2.24) is 20.2 Å². The van der Waals surface area contributed by atoms with Crippen molar-refractivity contribution in [3.05, 3.63) is 83.9 Å². The topological polar surface area (TPSA) is 76.7 Å². The molecule has 0 amide bonds. The molecular weight excluding hydrogens is 338 g/mol. The molecule has 4 rings (SSSR count). The average Bonchev–Trinajstić information content (AvgIpc) is 3.16. The Morgan fingerprint density at radius 1 is 0.926 bits per heavy atom. The molecule has 0 aliphatic carbocycles. The van der Waals surface area contributed by atoms with Crippen LogP contribution in [-0.4, -0.2) is 20.2 Å². The minimum atomic E-state index is 0.361. The van der Waals surface area contributed by atoms with Gasteiger partial charge in [0.05, 0.1) is 11.3 Å². The lowest BCUT2D eigenvalue weighted by molar-refractivity contribution is 0.586. The molecule has 134 valence electrons. The summed E-state index contributed by atoms with van der Waals surface area (Å²) in [6, 6.07) is 16.2. The van der Waals surface area contributed by atoms with Gasteiger partial charge < -0.3 is 9.73 Å². The fourth-order valence-electron chi connectivity index (χ4n) is 2.87. The Morgan fingerprint density at radius 2 is 1.81 bits per heavy atom. The molecule has 3 heterocycles. The van der Waals surface area contributed by atoms with Crippen molar-refractivity contribution >= 4 is 11.7 Å². The smallest absolute Gasteiger partial charge is 0.320 e. The second-order valence-corrected chi connectivity index (χ2v) is 6.26. The lowest BCUT2D eigenvalue weighted by Crippen LogP contribution is -1.97. The molecule has 6 nitrogen and oxygen atoms in total. The van der Waals surface area contributed by atoms with Crippen LogP contribution in [0.25, 0.3) is 11.5 Å². The zero-order chi connectivity index (χ0) is 18.5. The fourth-order valence-corrected chi connectivity index (χ4v) is 2.87. The minimum Gasteiger partial charge on any atom is -0.403 e. The molecule has 0 bridgehead atoms. The molecule has 27 heavy (non-hydrogen) atoms. The van der Waals surface area contributed by atoms with Crippen molar-refractivity contribution in [1.29, 1.82) is 0 Å². The second kappa shape index (κ2) is 7.78. The molecule has 0 atom stereocenters. The third-order valence-corrected chi connectivity index (χ3v) is 4.21. The molecule has 4 aromatic rings. The number of pyridine rings is 2. The largest absolute Gasteiger partial charge is 0.403 e. The van der Waals surface area contributed by atoms with E-state index in [1.165, 1.54) is 5.56 Å². The number of anilines is 2. The second-order valence-electron chi connectivity index (χ2n) is 6.26. The highest BCUT2D eigenvalue weighted by molar-refractivity contribution is 5.58. The maximum atomic E-state index is 5.82. The zero-order valence-electron chi connectivity index (χ0n) is 15.0. The Kier molecular flexibility index (Phi) is 4.87. The predicted molar refractivity (Wildman–Crippen MR) is 104 cm³/mol. The average molecular weight is 357 g/mol. The van der Waals surface area contributed by atoms with Gasteiger partial charge in [0.15, 0.2) is 0 Å². The van der Waals surface area contributed by atoms with Gasteiger partial charge in [0.1, 0.15) is 0 Å². The Labute approximate surface area is 157 Å². The summed E-state index contributed by atoms with van der Waals surface area (Å²) < 4.78 is 5.82. The number of nitrogens with zero attached hydrogens (tertiary/aromatic N) is 4. The van der Waals surface area contributed by atoms with Gasteiger partial charge in [0.2, 0.25) is 0 Å². The summed E-state index contributed by atoms with van der Waals surface area (Å²) in [4.78, 5) is 8.56. The zero-order valence-corrected chi connectivity index (χ0v) is 15.0. The van der Waals surface area contributed by atoms with Gasteiger partial charge in [0.25, 0.3) is 5.89 Å². The van der Waals surface area contributed by atoms with E-state index < -0.39 is 0 Å². The Hall–Kier alpha value is -3.54. The van der Waals surface area contributed by atoms with Crippen LogP contribution in [-0.2, 0) is 12.8 Å². The minimum absolute atomic E-state index is 0.361. The first-order valence-corrected chi connectivity index (χ1v) is 8.78. The normalized spacial score (nSPS) is 10.7. The van der Waals surface area contributed by atoms with Crippen LogP contribution in [0.4, 0.5) is 11.7 Å². The lowest BCUT2D eigenvalue weighted by atomic mass is 10.1. The maximum Gasteiger partial charge on any atom is 0.320 e. The molecule has 3 aromatic heterocycles. The molecule has 0 fully saturated rings. The van der Waals surface area contributed by atoms with Crippen LogP contribution in [0.3, 0.4) is 0 Å². The summed E-state index contributed by atoms with van der Waals surface area (Å²) in [6.07, 6.45) is 7.04. The van der Waals surface area contributed by atoms with Crippen molar-refractivity contribution in [3.63, 3.8) is 0 Å². The molecule has 0 saturated carbocycles. The van der Waals surface area contributed by atoms with Gasteiger partial charge in [-0.15, -0.1) is 5.10 Å². The maximum absolute atomic E-state index is 5.82. The lowest BCUT2D eigenvalue weighted by Gasteiger charge is -2.05. The van der Waals surface area contributed by atoms with Gasteiger partial charge in [0, 0.05) is 24.3 Å². The SMILES string of the molecule is Cc1cccc(Nc2nnc(-c3cccnc3CCc3ccncc3)o2)c1. The van der Waals surface area contributed by atoms with E-state index in [1.807, 2.05) is 55.5 Å². The molecular formula is C21H19N5O. The number of hydrogen-bond acceptors (Lipinski definition) is 6. The molecule has 1 N–H and O–H groups in total. The molecule has 6 heteroatoms. The highest BCUT2D eigenvalue weighted by atomic mass is 16.4. The van der Waals surface area contributed by atoms with Gasteiger partial charge in [-0.2, -0.15) is 0 Å². The van der Waals surface area contributed by atoms with Crippen molar-refractivity contribution < 1.29 is 4.42 Å². The van der Waals surface area contributed by atoms with Crippen LogP contribution in [0.15, 0.2) is 71.5 Å². The highest BCUT2D eigenvalue weighted by Crippen LogP contribution is 2.25. The van der Waals surface area contributed by atoms with Crippen LogP contribution in [0.2, 0.25) is 0 Å². The molecule has 0 spiro atoms. The van der Waals surface area contributed by atoms with E-state index in [0.717, 1.165) is 35.3 Å². The first kappa shape index (κ1) is 16.9. The molecule has 0 radical (unpaired) electrons. The van der Waals surface area contributed by atoms with Crippen LogP contribution in [0.1, 0.15) is 16.8 Å². The number of hydrogen-bond donors (Lipinski definition) is 1. The van der Waals surface area contributed by atoms with E-state index >= 15 is 0 Å². The molecule has 0 aliphatic heterocycles. The Balaban J connectivity index is 1.53. The number of benzene rings is 1. The summed E-state index contributed by atoms with van der Waals surface area (Å²) in [7, 11) is 0. The Morgan fingerprint density at radius 3 is 2.67 bits per heavy atom. The van der Waals surface area contributed by atoms with Gasteiger partial charge in [-0.3, -0.25) is 9.97 Å². The van der Waals surface area contributed by atoms with E-state index in [0.29, 0.717) is 11.9 Å². The van der Waals surface area contributed by atoms with Crippen LogP contribution in [0.5, 0.6) is 0 Å². The molecule has 0 unspecified atom stereocenters. The number of aromatic nitrogens is 4. The van der Waals surface area contributed by atoms with E-state index in [1.54, 1.807) is 18.6 Å². The van der Waals surface area contributed by atoms with Crippen molar-refractivity contribution in [2.24, 2.45) is 0 Å². The van der Waals surface area contributed by atoms with Crippen molar-refractivity contribution in [2.45, 2.75) is 19.8 Å². The standard InChI is InChI=1S/C21H19N5O/c1-15-4-2-5-17(14-15)24-21-26-25-20(27-21)18-6-3-11-23-19(18)8-7-16-9-12-22-13-10-16/h2-6,9-14H,7-8H2,1H3,(H,24,26). The summed E-state index contributed by atoms with van der Waals surface area (Å²) in [6.45, 7) is 2.04. The van der Waals surface area contributed by atoms with Crippen LogP contribution >= 0.6 is 0 Å². The van der Waals surface area contributed by atoms with Crippen LogP contribution < -0.4 is 5.32 Å². The van der Waals surface area contributed by atoms with Crippen LogP contribution in [0, 0.1) is 6.92 Å². The first-order chi connectivity index (χ1) is 13.3. The number of rotatable bonds is 6. The van der Waals surface area contributed by atoms with E-state index in [4.69, 9.17) is 4.42 Å². The summed E-state index contributed by atoms with van der Waals surface area (Å²) in [5, 5.41) is 11.4. The fraction of sp³-hybridized carbons (Fsp3) is 0.143. The summed E-state index contributed by atoms with van der Waals surface area (Å²) in [5.74, 6) is 0.461. The predicted octanol–water partition coefficient (Wildman–Crippen LogP) is 4.36. The third kappa shape index (κ3) is 4.17.